The van der Waals surface area contributed by atoms with Gasteiger partial charge in [0.05, 0.1) is 12.3 Å². The van der Waals surface area contributed by atoms with Crippen LogP contribution in [0.25, 0.3) is 11.4 Å². The zero-order valence-corrected chi connectivity index (χ0v) is 13.7. The van der Waals surface area contributed by atoms with E-state index in [9.17, 15) is 4.79 Å². The molecule has 0 N–H and O–H groups in total. The van der Waals surface area contributed by atoms with Crippen molar-refractivity contribution in [3.8, 4) is 11.4 Å². The van der Waals surface area contributed by atoms with Crippen molar-refractivity contribution in [2.24, 2.45) is 0 Å². The third kappa shape index (κ3) is 2.28. The van der Waals surface area contributed by atoms with Crippen LogP contribution in [0.1, 0.15) is 29.2 Å². The van der Waals surface area contributed by atoms with E-state index in [0.717, 1.165) is 43.0 Å². The molecule has 2 bridgehead atoms. The van der Waals surface area contributed by atoms with Gasteiger partial charge in [0.2, 0.25) is 0 Å². The maximum absolute atomic E-state index is 12.9. The monoisotopic (exact) mass is 334 g/mol. The molecular weight excluding hydrogens is 316 g/mol. The van der Waals surface area contributed by atoms with Crippen molar-refractivity contribution in [1.82, 2.24) is 19.7 Å². The summed E-state index contributed by atoms with van der Waals surface area (Å²) < 4.78 is 7.52. The Kier molecular flexibility index (Phi) is 3.23. The molecule has 0 aliphatic carbocycles. The van der Waals surface area contributed by atoms with Gasteiger partial charge in [-0.15, -0.1) is 10.2 Å². The molecule has 3 aromatic rings. The topological polar surface area (TPSA) is 64.2 Å². The Morgan fingerprint density at radius 3 is 2.68 bits per heavy atom. The van der Waals surface area contributed by atoms with E-state index in [1.54, 1.807) is 18.4 Å². The molecule has 1 saturated heterocycles. The van der Waals surface area contributed by atoms with Crippen molar-refractivity contribution in [1.29, 1.82) is 0 Å². The second kappa shape index (κ2) is 5.58. The quantitative estimate of drug-likeness (QED) is 0.723. The van der Waals surface area contributed by atoms with E-state index in [4.69, 9.17) is 4.42 Å². The molecule has 6 heteroatoms. The number of carbonyl (C=O) groups is 1. The normalized spacial score (nSPS) is 21.8. The van der Waals surface area contributed by atoms with Crippen LogP contribution >= 0.6 is 0 Å². The van der Waals surface area contributed by atoms with Gasteiger partial charge in [-0.05, 0) is 25.0 Å². The molecule has 5 rings (SSSR count). The van der Waals surface area contributed by atoms with E-state index in [0.29, 0.717) is 5.76 Å². The summed E-state index contributed by atoms with van der Waals surface area (Å²) in [5.74, 6) is 2.24. The predicted octanol–water partition coefficient (Wildman–Crippen LogP) is 2.77. The van der Waals surface area contributed by atoms with Crippen LogP contribution in [0.3, 0.4) is 0 Å². The molecule has 2 atom stereocenters. The summed E-state index contributed by atoms with van der Waals surface area (Å²) in [6.07, 6.45) is 4.30. The number of hydrogen-bond acceptors (Lipinski definition) is 4. The van der Waals surface area contributed by atoms with E-state index >= 15 is 0 Å². The number of fused-ring (bicyclic) bond motifs is 3. The van der Waals surface area contributed by atoms with Gasteiger partial charge in [-0.2, -0.15) is 0 Å². The van der Waals surface area contributed by atoms with Crippen LogP contribution in [0.5, 0.6) is 0 Å². The summed E-state index contributed by atoms with van der Waals surface area (Å²) in [7, 11) is 0. The fraction of sp³-hybridized carbons (Fsp3) is 0.316. The first-order valence-electron chi connectivity index (χ1n) is 8.65. The van der Waals surface area contributed by atoms with Crippen LogP contribution in [0.4, 0.5) is 0 Å². The largest absolute Gasteiger partial charge is 0.459 e. The van der Waals surface area contributed by atoms with Crippen LogP contribution in [0, 0.1) is 0 Å². The molecule has 2 aliphatic rings. The zero-order chi connectivity index (χ0) is 16.8. The molecule has 2 aromatic heterocycles. The number of rotatable bonds is 2. The van der Waals surface area contributed by atoms with Gasteiger partial charge in [0, 0.05) is 24.6 Å². The first-order valence-corrected chi connectivity index (χ1v) is 8.65. The predicted molar refractivity (Wildman–Crippen MR) is 90.8 cm³/mol. The van der Waals surface area contributed by atoms with Gasteiger partial charge in [-0.25, -0.2) is 0 Å². The van der Waals surface area contributed by atoms with E-state index in [-0.39, 0.29) is 18.0 Å². The SMILES string of the molecule is O=C(c1ccco1)N1C2CCC1Cn1c(nnc1-c1ccccc1)C2. The molecular formula is C19H18N4O2. The number of hydrogen-bond donors (Lipinski definition) is 0. The highest BCUT2D eigenvalue weighted by Gasteiger charge is 2.42. The molecule has 1 amide bonds. The summed E-state index contributed by atoms with van der Waals surface area (Å²) >= 11 is 0. The minimum atomic E-state index is -0.0162. The van der Waals surface area contributed by atoms with Gasteiger partial charge >= 0.3 is 0 Å². The van der Waals surface area contributed by atoms with Gasteiger partial charge in [-0.1, -0.05) is 30.3 Å². The maximum atomic E-state index is 12.9. The van der Waals surface area contributed by atoms with Crippen LogP contribution in [0.2, 0.25) is 0 Å². The van der Waals surface area contributed by atoms with Crippen molar-refractivity contribution in [2.75, 3.05) is 0 Å². The molecule has 126 valence electrons. The van der Waals surface area contributed by atoms with Crippen LogP contribution in [-0.4, -0.2) is 37.7 Å². The highest BCUT2D eigenvalue weighted by Crippen LogP contribution is 2.34. The molecule has 0 spiro atoms. The number of nitrogens with zero attached hydrogens (tertiary/aromatic N) is 4. The summed E-state index contributed by atoms with van der Waals surface area (Å²) in [6, 6.07) is 13.9. The molecule has 0 saturated carbocycles. The lowest BCUT2D eigenvalue weighted by molar-refractivity contribution is 0.0633. The Balaban J connectivity index is 1.51. The first kappa shape index (κ1) is 14.5. The van der Waals surface area contributed by atoms with Gasteiger partial charge in [-0.3, -0.25) is 4.79 Å². The van der Waals surface area contributed by atoms with E-state index < -0.39 is 0 Å². The zero-order valence-electron chi connectivity index (χ0n) is 13.7. The van der Waals surface area contributed by atoms with Gasteiger partial charge in [0.25, 0.3) is 5.91 Å². The molecule has 1 aromatic carbocycles. The van der Waals surface area contributed by atoms with Crippen molar-refractivity contribution in [2.45, 2.75) is 37.9 Å². The Labute approximate surface area is 145 Å². The lowest BCUT2D eigenvalue weighted by Gasteiger charge is -2.27. The Morgan fingerprint density at radius 1 is 1.04 bits per heavy atom. The van der Waals surface area contributed by atoms with Crippen LogP contribution in [-0.2, 0) is 13.0 Å². The Morgan fingerprint density at radius 2 is 1.88 bits per heavy atom. The van der Waals surface area contributed by atoms with Crippen molar-refractivity contribution >= 4 is 5.91 Å². The average molecular weight is 334 g/mol. The van der Waals surface area contributed by atoms with Crippen molar-refractivity contribution < 1.29 is 9.21 Å². The molecule has 4 heterocycles. The second-order valence-corrected chi connectivity index (χ2v) is 6.70. The summed E-state index contributed by atoms with van der Waals surface area (Å²) in [4.78, 5) is 14.9. The molecule has 25 heavy (non-hydrogen) atoms. The molecule has 0 radical (unpaired) electrons. The molecule has 6 nitrogen and oxygen atoms in total. The van der Waals surface area contributed by atoms with Gasteiger partial charge in [0.1, 0.15) is 5.82 Å². The molecule has 2 unspecified atom stereocenters. The second-order valence-electron chi connectivity index (χ2n) is 6.70. The number of benzene rings is 1. The lowest BCUT2D eigenvalue weighted by Crippen LogP contribution is -2.42. The standard InChI is InChI=1S/C19H18N4O2/c24-19(16-7-4-10-25-16)23-14-8-9-15(23)12-22-17(11-14)20-21-18(22)13-5-2-1-3-6-13/h1-7,10,14-15H,8-9,11-12H2. The highest BCUT2D eigenvalue weighted by molar-refractivity contribution is 5.92. The average Bonchev–Trinajstić information content (AvgIpc) is 3.35. The molecule has 2 aliphatic heterocycles. The first-order chi connectivity index (χ1) is 12.3. The Bertz CT molecular complexity index is 901. The Hall–Kier alpha value is -2.89. The number of furan rings is 1. The summed E-state index contributed by atoms with van der Waals surface area (Å²) in [6.45, 7) is 0.732. The van der Waals surface area contributed by atoms with Crippen molar-refractivity contribution in [3.05, 3.63) is 60.3 Å². The molecule has 1 fully saturated rings. The van der Waals surface area contributed by atoms with E-state index in [1.165, 1.54) is 0 Å². The van der Waals surface area contributed by atoms with Crippen LogP contribution in [0.15, 0.2) is 53.1 Å². The third-order valence-electron chi connectivity index (χ3n) is 5.26. The highest BCUT2D eigenvalue weighted by atomic mass is 16.3. The van der Waals surface area contributed by atoms with Gasteiger partial charge in [0.15, 0.2) is 11.6 Å². The van der Waals surface area contributed by atoms with Gasteiger partial charge < -0.3 is 13.9 Å². The number of carbonyl (C=O) groups excluding carboxylic acids is 1. The summed E-state index contributed by atoms with van der Waals surface area (Å²) in [5, 5.41) is 8.84. The summed E-state index contributed by atoms with van der Waals surface area (Å²) in [5.41, 5.74) is 1.06. The fourth-order valence-corrected chi connectivity index (χ4v) is 4.10. The minimum absolute atomic E-state index is 0.0162. The third-order valence-corrected chi connectivity index (χ3v) is 5.26. The fourth-order valence-electron chi connectivity index (χ4n) is 4.10. The van der Waals surface area contributed by atoms with E-state index in [1.807, 2.05) is 35.2 Å². The van der Waals surface area contributed by atoms with Crippen LogP contribution < -0.4 is 0 Å². The number of aromatic nitrogens is 3. The minimum Gasteiger partial charge on any atom is -0.459 e. The number of amides is 1. The van der Waals surface area contributed by atoms with E-state index in [2.05, 4.69) is 14.8 Å². The lowest BCUT2D eigenvalue weighted by atomic mass is 10.1. The smallest absolute Gasteiger partial charge is 0.290 e. The maximum Gasteiger partial charge on any atom is 0.290 e. The van der Waals surface area contributed by atoms with Crippen molar-refractivity contribution in [3.63, 3.8) is 0 Å².